The SMILES string of the molecule is O=C(Nc1cccnc1)c1c(O)c2cccnc2n(-c2ccccc2)c1=O. The number of nitrogens with one attached hydrogen (secondary N) is 1. The Balaban J connectivity index is 1.96. The first-order valence-corrected chi connectivity index (χ1v) is 8.16. The van der Waals surface area contributed by atoms with E-state index in [4.69, 9.17) is 0 Å². The van der Waals surface area contributed by atoms with Crippen LogP contribution in [0.15, 0.2) is 78.0 Å². The lowest BCUT2D eigenvalue weighted by Gasteiger charge is -2.14. The molecule has 1 aromatic carbocycles. The second-order valence-electron chi connectivity index (χ2n) is 5.77. The summed E-state index contributed by atoms with van der Waals surface area (Å²) in [5.74, 6) is -1.13. The lowest BCUT2D eigenvalue weighted by molar-refractivity contribution is 0.102. The van der Waals surface area contributed by atoms with Gasteiger partial charge in [0.05, 0.1) is 23.0 Å². The van der Waals surface area contributed by atoms with Gasteiger partial charge in [-0.05, 0) is 36.4 Å². The summed E-state index contributed by atoms with van der Waals surface area (Å²) in [6.45, 7) is 0. The second-order valence-corrected chi connectivity index (χ2v) is 5.77. The first-order chi connectivity index (χ1) is 13.2. The minimum Gasteiger partial charge on any atom is -0.506 e. The zero-order chi connectivity index (χ0) is 18.8. The first-order valence-electron chi connectivity index (χ1n) is 8.16. The maximum atomic E-state index is 13.1. The number of hydrogen-bond donors (Lipinski definition) is 2. The second kappa shape index (κ2) is 6.72. The van der Waals surface area contributed by atoms with E-state index in [0.717, 1.165) is 0 Å². The minimum atomic E-state index is -0.721. The average Bonchev–Trinajstić information content (AvgIpc) is 2.70. The molecular weight excluding hydrogens is 344 g/mol. The molecule has 4 aromatic rings. The number of hydrogen-bond acceptors (Lipinski definition) is 5. The van der Waals surface area contributed by atoms with Crippen molar-refractivity contribution in [3.8, 4) is 11.4 Å². The van der Waals surface area contributed by atoms with Crippen molar-refractivity contribution in [2.24, 2.45) is 0 Å². The predicted octanol–water partition coefficient (Wildman–Crippen LogP) is 2.74. The topological polar surface area (TPSA) is 97.1 Å². The molecular formula is C20H14N4O3. The smallest absolute Gasteiger partial charge is 0.273 e. The van der Waals surface area contributed by atoms with E-state index in [-0.39, 0.29) is 11.2 Å². The molecule has 0 saturated heterocycles. The highest BCUT2D eigenvalue weighted by Crippen LogP contribution is 2.27. The third kappa shape index (κ3) is 2.91. The van der Waals surface area contributed by atoms with Crippen LogP contribution >= 0.6 is 0 Å². The van der Waals surface area contributed by atoms with Crippen LogP contribution in [-0.4, -0.2) is 25.5 Å². The fourth-order valence-corrected chi connectivity index (χ4v) is 2.86. The molecule has 0 atom stereocenters. The Bertz CT molecular complexity index is 1190. The van der Waals surface area contributed by atoms with Crippen molar-refractivity contribution in [2.75, 3.05) is 5.32 Å². The molecule has 0 aliphatic rings. The van der Waals surface area contributed by atoms with Gasteiger partial charge in [0.15, 0.2) is 5.65 Å². The average molecular weight is 358 g/mol. The number of benzene rings is 1. The highest BCUT2D eigenvalue weighted by Gasteiger charge is 2.23. The third-order valence-electron chi connectivity index (χ3n) is 4.07. The van der Waals surface area contributed by atoms with E-state index in [1.165, 1.54) is 17.0 Å². The van der Waals surface area contributed by atoms with Crippen molar-refractivity contribution in [1.82, 2.24) is 14.5 Å². The number of anilines is 1. The van der Waals surface area contributed by atoms with Crippen molar-refractivity contribution < 1.29 is 9.90 Å². The minimum absolute atomic E-state index is 0.268. The number of rotatable bonds is 3. The van der Waals surface area contributed by atoms with Crippen LogP contribution in [0, 0.1) is 0 Å². The number of fused-ring (bicyclic) bond motifs is 1. The summed E-state index contributed by atoms with van der Waals surface area (Å²) in [5, 5.41) is 13.5. The van der Waals surface area contributed by atoms with Gasteiger partial charge < -0.3 is 10.4 Å². The Morgan fingerprint density at radius 2 is 1.78 bits per heavy atom. The van der Waals surface area contributed by atoms with Crippen LogP contribution in [0.5, 0.6) is 5.75 Å². The largest absolute Gasteiger partial charge is 0.506 e. The summed E-state index contributed by atoms with van der Waals surface area (Å²) in [6, 6.07) is 15.4. The van der Waals surface area contributed by atoms with Gasteiger partial charge in [-0.1, -0.05) is 18.2 Å². The molecule has 0 radical (unpaired) electrons. The maximum Gasteiger partial charge on any atom is 0.273 e. The summed E-state index contributed by atoms with van der Waals surface area (Å²) in [5.41, 5.74) is 0.207. The van der Waals surface area contributed by atoms with E-state index < -0.39 is 17.2 Å². The van der Waals surface area contributed by atoms with Crippen molar-refractivity contribution in [2.45, 2.75) is 0 Å². The molecule has 0 aliphatic heterocycles. The van der Waals surface area contributed by atoms with Gasteiger partial charge in [-0.2, -0.15) is 0 Å². The number of amides is 1. The molecule has 7 nitrogen and oxygen atoms in total. The van der Waals surface area contributed by atoms with E-state index in [1.807, 2.05) is 6.07 Å². The predicted molar refractivity (Wildman–Crippen MR) is 101 cm³/mol. The first kappa shape index (κ1) is 16.5. The molecule has 3 aromatic heterocycles. The Hall–Kier alpha value is -4.00. The van der Waals surface area contributed by atoms with Gasteiger partial charge in [0.1, 0.15) is 11.3 Å². The molecule has 1 amide bonds. The molecule has 0 unspecified atom stereocenters. The molecule has 0 fully saturated rings. The van der Waals surface area contributed by atoms with E-state index in [9.17, 15) is 14.7 Å². The van der Waals surface area contributed by atoms with Gasteiger partial charge in [-0.3, -0.25) is 19.1 Å². The van der Waals surface area contributed by atoms with Crippen LogP contribution in [0.25, 0.3) is 16.7 Å². The van der Waals surface area contributed by atoms with E-state index in [2.05, 4.69) is 15.3 Å². The normalized spacial score (nSPS) is 10.7. The van der Waals surface area contributed by atoms with Crippen molar-refractivity contribution >= 4 is 22.6 Å². The zero-order valence-corrected chi connectivity index (χ0v) is 14.0. The lowest BCUT2D eigenvalue weighted by atomic mass is 10.1. The van der Waals surface area contributed by atoms with Gasteiger partial charge in [0.2, 0.25) is 0 Å². The summed E-state index contributed by atoms with van der Waals surface area (Å²) in [6.07, 6.45) is 4.54. The number of aromatic nitrogens is 3. The van der Waals surface area contributed by atoms with Gasteiger partial charge in [-0.25, -0.2) is 4.98 Å². The fourth-order valence-electron chi connectivity index (χ4n) is 2.86. The van der Waals surface area contributed by atoms with E-state index >= 15 is 0 Å². The standard InChI is InChI=1S/C20H14N4O3/c25-17-15-9-5-11-22-18(15)24(14-7-2-1-3-8-14)20(27)16(17)19(26)23-13-6-4-10-21-12-13/h1-12,25H,(H,23,26). The Labute approximate surface area is 153 Å². The molecule has 0 aliphatic carbocycles. The van der Waals surface area contributed by atoms with E-state index in [1.54, 1.807) is 54.7 Å². The van der Waals surface area contributed by atoms with Crippen LogP contribution in [0.2, 0.25) is 0 Å². The van der Waals surface area contributed by atoms with Gasteiger partial charge in [-0.15, -0.1) is 0 Å². The number of pyridine rings is 3. The number of carbonyl (C=O) groups is 1. The summed E-state index contributed by atoms with van der Waals surface area (Å²) >= 11 is 0. The van der Waals surface area contributed by atoms with Crippen LogP contribution in [0.3, 0.4) is 0 Å². The molecule has 0 bridgehead atoms. The van der Waals surface area contributed by atoms with Crippen molar-refractivity contribution in [1.29, 1.82) is 0 Å². The highest BCUT2D eigenvalue weighted by molar-refractivity contribution is 6.08. The number of nitrogens with zero attached hydrogens (tertiary/aromatic N) is 3. The molecule has 3 heterocycles. The molecule has 132 valence electrons. The third-order valence-corrected chi connectivity index (χ3v) is 4.07. The quantitative estimate of drug-likeness (QED) is 0.587. The molecule has 7 heteroatoms. The molecule has 27 heavy (non-hydrogen) atoms. The number of aromatic hydroxyl groups is 1. The number of carbonyl (C=O) groups excluding carboxylic acids is 1. The monoisotopic (exact) mass is 358 g/mol. The van der Waals surface area contributed by atoms with E-state index in [0.29, 0.717) is 16.8 Å². The molecule has 0 saturated carbocycles. The maximum absolute atomic E-state index is 13.1. The van der Waals surface area contributed by atoms with Gasteiger partial charge in [0.25, 0.3) is 11.5 Å². The molecule has 2 N–H and O–H groups in total. The summed E-state index contributed by atoms with van der Waals surface area (Å²) < 4.78 is 1.31. The van der Waals surface area contributed by atoms with Crippen molar-refractivity contribution in [3.63, 3.8) is 0 Å². The summed E-state index contributed by atoms with van der Waals surface area (Å²) in [4.78, 5) is 34.0. The van der Waals surface area contributed by atoms with Crippen LogP contribution < -0.4 is 10.9 Å². The summed E-state index contributed by atoms with van der Waals surface area (Å²) in [7, 11) is 0. The highest BCUT2D eigenvalue weighted by atomic mass is 16.3. The molecule has 0 spiro atoms. The van der Waals surface area contributed by atoms with Gasteiger partial charge >= 0.3 is 0 Å². The van der Waals surface area contributed by atoms with Crippen LogP contribution in [0.1, 0.15) is 10.4 Å². The van der Waals surface area contributed by atoms with Crippen LogP contribution in [0.4, 0.5) is 5.69 Å². The Morgan fingerprint density at radius 3 is 2.52 bits per heavy atom. The lowest BCUT2D eigenvalue weighted by Crippen LogP contribution is -2.29. The van der Waals surface area contributed by atoms with Crippen molar-refractivity contribution in [3.05, 3.63) is 89.1 Å². The zero-order valence-electron chi connectivity index (χ0n) is 14.0. The Kier molecular flexibility index (Phi) is 4.10. The van der Waals surface area contributed by atoms with Gasteiger partial charge in [0, 0.05) is 12.4 Å². The molecule has 4 rings (SSSR count). The Morgan fingerprint density at radius 1 is 1.00 bits per heavy atom. The fraction of sp³-hybridized carbons (Fsp3) is 0. The van der Waals surface area contributed by atoms with Crippen LogP contribution in [-0.2, 0) is 0 Å². The number of para-hydroxylation sites is 1.